The number of amidine groups is 1. The number of nitrogens with zero attached hydrogens (tertiary/aromatic N) is 2. The van der Waals surface area contributed by atoms with Gasteiger partial charge >= 0.3 is 0 Å². The Hall–Kier alpha value is -0.940. The Balaban J connectivity index is 2.73. The Labute approximate surface area is 52.6 Å². The van der Waals surface area contributed by atoms with Crippen LogP contribution < -0.4 is 17.2 Å². The molecule has 1 aliphatic rings. The Bertz CT molecular complexity index is 160. The molecule has 0 aromatic rings. The Kier molecular flexibility index (Phi) is 1.46. The van der Waals surface area contributed by atoms with Crippen LogP contribution in [0.1, 0.15) is 0 Å². The second-order valence-corrected chi connectivity index (χ2v) is 1.83. The Morgan fingerprint density at radius 1 is 1.44 bits per heavy atom. The highest BCUT2D eigenvalue weighted by atomic mass is 15.1. The maximum absolute atomic E-state index is 5.43. The molecule has 1 rings (SSSR count). The minimum absolute atomic E-state index is 0.345. The van der Waals surface area contributed by atoms with Crippen LogP contribution in [0.25, 0.3) is 0 Å². The van der Waals surface area contributed by atoms with E-state index in [4.69, 9.17) is 17.2 Å². The highest BCUT2D eigenvalue weighted by Gasteiger charge is 2.17. The van der Waals surface area contributed by atoms with Crippen molar-refractivity contribution in [3.63, 3.8) is 0 Å². The third-order valence-electron chi connectivity index (χ3n) is 1.16. The van der Waals surface area contributed by atoms with Gasteiger partial charge in [-0.1, -0.05) is 0 Å². The van der Waals surface area contributed by atoms with Gasteiger partial charge < -0.3 is 17.2 Å². The molecule has 0 saturated heterocycles. The van der Waals surface area contributed by atoms with Crippen molar-refractivity contribution in [1.29, 1.82) is 0 Å². The normalized spacial score (nSPS) is 34.2. The topological polar surface area (TPSA) is 103 Å². The summed E-state index contributed by atoms with van der Waals surface area (Å²) in [5.41, 5.74) is 16.1. The van der Waals surface area contributed by atoms with E-state index < -0.39 is 12.2 Å². The molecule has 1 aliphatic heterocycles. The molecule has 5 nitrogen and oxygen atoms in total. The molecule has 1 heterocycles. The lowest BCUT2D eigenvalue weighted by atomic mass is 10.2. The van der Waals surface area contributed by atoms with Crippen LogP contribution in [0.5, 0.6) is 0 Å². The summed E-state index contributed by atoms with van der Waals surface area (Å²) in [5.74, 6) is 0.345. The molecular formula is C4H9N5. The van der Waals surface area contributed by atoms with Crippen LogP contribution in [-0.2, 0) is 0 Å². The average Bonchev–Trinajstić information content (AvgIpc) is 1.83. The first-order valence-electron chi connectivity index (χ1n) is 2.58. The van der Waals surface area contributed by atoms with Crippen molar-refractivity contribution < 1.29 is 0 Å². The minimum atomic E-state index is -0.428. The van der Waals surface area contributed by atoms with E-state index in [-0.39, 0.29) is 0 Å². The Morgan fingerprint density at radius 2 is 2.11 bits per heavy atom. The number of hydrogen-bond acceptors (Lipinski definition) is 5. The molecule has 0 aliphatic carbocycles. The summed E-state index contributed by atoms with van der Waals surface area (Å²) in [6.07, 6.45) is 0.895. The largest absolute Gasteiger partial charge is 0.386 e. The first-order valence-corrected chi connectivity index (χ1v) is 2.58. The summed E-state index contributed by atoms with van der Waals surface area (Å²) in [7, 11) is 0. The predicted molar refractivity (Wildman–Crippen MR) is 36.1 cm³/mol. The quantitative estimate of drug-likeness (QED) is 0.350. The summed E-state index contributed by atoms with van der Waals surface area (Å²) in [5, 5.41) is 0. The molecule has 2 unspecified atom stereocenters. The lowest BCUT2D eigenvalue weighted by Crippen LogP contribution is -2.51. The van der Waals surface area contributed by atoms with Crippen LogP contribution in [0.3, 0.4) is 0 Å². The molecule has 0 bridgehead atoms. The molecule has 0 saturated carbocycles. The predicted octanol–water partition coefficient (Wildman–Crippen LogP) is -2.00. The van der Waals surface area contributed by atoms with Crippen molar-refractivity contribution in [2.24, 2.45) is 27.2 Å². The van der Waals surface area contributed by atoms with Gasteiger partial charge in [0.05, 0.1) is 6.04 Å². The zero-order valence-corrected chi connectivity index (χ0v) is 4.86. The molecule has 0 amide bonds. The molecule has 2 atom stereocenters. The van der Waals surface area contributed by atoms with Gasteiger partial charge in [-0.05, 0) is 0 Å². The van der Waals surface area contributed by atoms with Crippen molar-refractivity contribution in [2.75, 3.05) is 0 Å². The van der Waals surface area contributed by atoms with Gasteiger partial charge in [0.25, 0.3) is 0 Å². The van der Waals surface area contributed by atoms with E-state index >= 15 is 0 Å². The lowest BCUT2D eigenvalue weighted by Gasteiger charge is -2.17. The standard InChI is InChI=1S/C4H9N5/c5-2-3(6)8-1-9-4(2)7/h1-3H,5-6H2,(H2,7,8,9). The fourth-order valence-electron chi connectivity index (χ4n) is 0.531. The molecule has 5 heteroatoms. The van der Waals surface area contributed by atoms with E-state index in [1.807, 2.05) is 0 Å². The van der Waals surface area contributed by atoms with Crippen LogP contribution in [-0.4, -0.2) is 24.4 Å². The number of rotatable bonds is 0. The van der Waals surface area contributed by atoms with Gasteiger partial charge in [-0.25, -0.2) is 4.99 Å². The summed E-state index contributed by atoms with van der Waals surface area (Å²) in [4.78, 5) is 7.38. The van der Waals surface area contributed by atoms with Gasteiger partial charge in [-0.3, -0.25) is 4.99 Å². The maximum atomic E-state index is 5.43. The fraction of sp³-hybridized carbons (Fsp3) is 0.500. The number of aliphatic imine (C=N–C) groups is 2. The van der Waals surface area contributed by atoms with Crippen LogP contribution >= 0.6 is 0 Å². The SMILES string of the molecule is NC1=NC=NC(N)C1N. The van der Waals surface area contributed by atoms with Gasteiger partial charge in [0.15, 0.2) is 0 Å². The molecule has 0 aromatic heterocycles. The molecule has 0 fully saturated rings. The first kappa shape index (κ1) is 6.18. The van der Waals surface area contributed by atoms with Crippen LogP contribution in [0.4, 0.5) is 0 Å². The van der Waals surface area contributed by atoms with Gasteiger partial charge in [0.2, 0.25) is 0 Å². The minimum Gasteiger partial charge on any atom is -0.386 e. The fourth-order valence-corrected chi connectivity index (χ4v) is 0.531. The zero-order valence-electron chi connectivity index (χ0n) is 4.86. The first-order chi connectivity index (χ1) is 4.22. The van der Waals surface area contributed by atoms with Crippen molar-refractivity contribution in [1.82, 2.24) is 0 Å². The van der Waals surface area contributed by atoms with Gasteiger partial charge in [0.1, 0.15) is 18.3 Å². The highest BCUT2D eigenvalue weighted by molar-refractivity contribution is 5.93. The summed E-state index contributed by atoms with van der Waals surface area (Å²) in [6.45, 7) is 0. The number of hydrogen-bond donors (Lipinski definition) is 3. The van der Waals surface area contributed by atoms with E-state index in [1.54, 1.807) is 0 Å². The number of nitrogens with two attached hydrogens (primary N) is 3. The van der Waals surface area contributed by atoms with Crippen molar-refractivity contribution in [2.45, 2.75) is 12.2 Å². The Morgan fingerprint density at radius 3 is 2.56 bits per heavy atom. The molecule has 6 N–H and O–H groups in total. The second kappa shape index (κ2) is 2.12. The lowest BCUT2D eigenvalue weighted by molar-refractivity contribution is 0.642. The molecule has 0 aromatic carbocycles. The van der Waals surface area contributed by atoms with Gasteiger partial charge in [-0.2, -0.15) is 0 Å². The molecule has 0 spiro atoms. The van der Waals surface area contributed by atoms with E-state index in [0.29, 0.717) is 5.84 Å². The summed E-state index contributed by atoms with van der Waals surface area (Å²) in [6, 6.07) is -0.421. The van der Waals surface area contributed by atoms with E-state index in [9.17, 15) is 0 Å². The summed E-state index contributed by atoms with van der Waals surface area (Å²) >= 11 is 0. The van der Waals surface area contributed by atoms with Crippen molar-refractivity contribution >= 4 is 12.2 Å². The third kappa shape index (κ3) is 1.06. The molecular weight excluding hydrogens is 118 g/mol. The zero-order chi connectivity index (χ0) is 6.85. The monoisotopic (exact) mass is 127 g/mol. The van der Waals surface area contributed by atoms with E-state index in [1.165, 1.54) is 6.34 Å². The molecule has 0 radical (unpaired) electrons. The van der Waals surface area contributed by atoms with Crippen LogP contribution in [0.2, 0.25) is 0 Å². The second-order valence-electron chi connectivity index (χ2n) is 1.83. The third-order valence-corrected chi connectivity index (χ3v) is 1.16. The molecule has 50 valence electrons. The van der Waals surface area contributed by atoms with E-state index in [0.717, 1.165) is 0 Å². The summed E-state index contributed by atoms with van der Waals surface area (Å²) < 4.78 is 0. The van der Waals surface area contributed by atoms with Crippen molar-refractivity contribution in [3.05, 3.63) is 0 Å². The average molecular weight is 127 g/mol. The van der Waals surface area contributed by atoms with Gasteiger partial charge in [0, 0.05) is 0 Å². The van der Waals surface area contributed by atoms with Crippen LogP contribution in [0.15, 0.2) is 9.98 Å². The maximum Gasteiger partial charge on any atom is 0.121 e. The smallest absolute Gasteiger partial charge is 0.121 e. The molecule has 9 heavy (non-hydrogen) atoms. The van der Waals surface area contributed by atoms with Gasteiger partial charge in [-0.15, -0.1) is 0 Å². The van der Waals surface area contributed by atoms with E-state index in [2.05, 4.69) is 9.98 Å². The van der Waals surface area contributed by atoms with Crippen molar-refractivity contribution in [3.8, 4) is 0 Å². The van der Waals surface area contributed by atoms with Crippen LogP contribution in [0, 0.1) is 0 Å². The highest BCUT2D eigenvalue weighted by Crippen LogP contribution is 1.93.